The molecule has 1 aliphatic carbocycles. The highest BCUT2D eigenvalue weighted by atomic mass is 19.4. The SMILES string of the molecule is CC(C)(C)OC(=O)N[C@H]1CCCCC/C=C\[C@@H]2C[C@@]2(C(=O)NCC(O)(C(F)(F)F)C(F)(F)F)NC(=O)[C@@H]2C[C@@H](OC(=O)N3Cc4cccc(F)c4C3)CN2C1=O. The van der Waals surface area contributed by atoms with Crippen LogP contribution in [-0.2, 0) is 36.9 Å². The highest BCUT2D eigenvalue weighted by molar-refractivity contribution is 5.98. The van der Waals surface area contributed by atoms with Crippen LogP contribution in [0.1, 0.15) is 76.8 Å². The van der Waals surface area contributed by atoms with Crippen molar-refractivity contribution in [2.45, 2.75) is 126 Å². The van der Waals surface area contributed by atoms with Crippen molar-refractivity contribution in [3.8, 4) is 0 Å². The molecule has 0 aromatic heterocycles. The Morgan fingerprint density at radius 1 is 1.02 bits per heavy atom. The van der Waals surface area contributed by atoms with Crippen LogP contribution in [-0.4, -0.2) is 105 Å². The van der Waals surface area contributed by atoms with Gasteiger partial charge >= 0.3 is 24.5 Å². The van der Waals surface area contributed by atoms with E-state index in [1.54, 1.807) is 32.9 Å². The predicted molar refractivity (Wildman–Crippen MR) is 180 cm³/mol. The van der Waals surface area contributed by atoms with Crippen molar-refractivity contribution in [1.29, 1.82) is 0 Å². The number of hydrogen-bond donors (Lipinski definition) is 4. The van der Waals surface area contributed by atoms with Gasteiger partial charge in [-0.05, 0) is 58.1 Å². The van der Waals surface area contributed by atoms with Gasteiger partial charge in [0.15, 0.2) is 0 Å². The molecule has 4 aliphatic rings. The number of carbonyl (C=O) groups is 5. The molecule has 1 aromatic carbocycles. The molecule has 3 aliphatic heterocycles. The number of nitrogens with one attached hydrogen (secondary N) is 3. The number of alkyl halides is 6. The van der Waals surface area contributed by atoms with Gasteiger partial charge in [0, 0.05) is 24.4 Å². The van der Waals surface area contributed by atoms with Gasteiger partial charge in [-0.25, -0.2) is 14.0 Å². The molecule has 4 N–H and O–H groups in total. The van der Waals surface area contributed by atoms with E-state index in [0.29, 0.717) is 31.2 Å². The Morgan fingerprint density at radius 2 is 1.71 bits per heavy atom. The lowest BCUT2D eigenvalue weighted by Gasteiger charge is -2.33. The number of fused-ring (bicyclic) bond motifs is 3. The molecule has 5 amide bonds. The van der Waals surface area contributed by atoms with E-state index in [1.807, 2.05) is 0 Å². The second-order valence-electron chi connectivity index (χ2n) is 15.6. The Morgan fingerprint density at radius 3 is 2.36 bits per heavy atom. The largest absolute Gasteiger partial charge is 0.444 e. The Balaban J connectivity index is 1.42. The minimum atomic E-state index is -6.23. The standard InChI is InChI=1S/C36H44F7N5O8/c1-32(2,3)56-30(52)45-25-13-8-6-4-5-7-11-21-15-33(21,29(51)44-19-34(54,35(38,39)40)36(41,42)43)46-27(49)26-14-22(17-48(26)28(25)50)55-31(53)47-16-20-10-9-12-24(37)23(20)18-47/h7,9-12,21-22,25-26,54H,4-6,8,13-19H2,1-3H3,(H,44,51)(H,45,52)(H,46,49)/b11-7-/t21-,22-,25+,26+,33-/m1/s1. The number of halogens is 7. The summed E-state index contributed by atoms with van der Waals surface area (Å²) in [5, 5.41) is 16.1. The highest BCUT2D eigenvalue weighted by Crippen LogP contribution is 2.47. The number of nitrogens with zero attached hydrogens (tertiary/aromatic N) is 2. The molecule has 5 rings (SSSR count). The first-order valence-corrected chi connectivity index (χ1v) is 18.1. The fourth-order valence-corrected chi connectivity index (χ4v) is 7.07. The first-order chi connectivity index (χ1) is 26.0. The summed E-state index contributed by atoms with van der Waals surface area (Å²) in [5.74, 6) is -4.70. The second kappa shape index (κ2) is 15.7. The lowest BCUT2D eigenvalue weighted by Crippen LogP contribution is -2.65. The van der Waals surface area contributed by atoms with Crippen molar-refractivity contribution in [1.82, 2.24) is 25.8 Å². The molecule has 0 unspecified atom stereocenters. The van der Waals surface area contributed by atoms with Gasteiger partial charge in [-0.2, -0.15) is 26.3 Å². The van der Waals surface area contributed by atoms with E-state index in [9.17, 15) is 59.8 Å². The van der Waals surface area contributed by atoms with E-state index in [-0.39, 0.29) is 37.9 Å². The lowest BCUT2D eigenvalue weighted by molar-refractivity contribution is -0.364. The number of hydrogen-bond acceptors (Lipinski definition) is 8. The van der Waals surface area contributed by atoms with E-state index in [4.69, 9.17) is 9.47 Å². The van der Waals surface area contributed by atoms with E-state index in [0.717, 1.165) is 4.90 Å². The summed E-state index contributed by atoms with van der Waals surface area (Å²) in [7, 11) is 0. The molecule has 5 atom stereocenters. The molecule has 2 fully saturated rings. The first-order valence-electron chi connectivity index (χ1n) is 18.1. The van der Waals surface area contributed by atoms with Gasteiger partial charge in [0.25, 0.3) is 5.60 Å². The van der Waals surface area contributed by atoms with Crippen LogP contribution >= 0.6 is 0 Å². The molecule has 0 spiro atoms. The van der Waals surface area contributed by atoms with Crippen LogP contribution in [0.2, 0.25) is 0 Å². The first kappa shape index (κ1) is 42.5. The molecule has 13 nitrogen and oxygen atoms in total. The van der Waals surface area contributed by atoms with Crippen molar-refractivity contribution in [2.24, 2.45) is 5.92 Å². The minimum Gasteiger partial charge on any atom is -0.444 e. The minimum absolute atomic E-state index is 0.0113. The molecule has 0 radical (unpaired) electrons. The fraction of sp³-hybridized carbons (Fsp3) is 0.639. The van der Waals surface area contributed by atoms with E-state index < -0.39 is 102 Å². The van der Waals surface area contributed by atoms with Crippen molar-refractivity contribution in [3.63, 3.8) is 0 Å². The maximum atomic E-state index is 14.4. The molecule has 1 saturated heterocycles. The fourth-order valence-electron chi connectivity index (χ4n) is 7.07. The van der Waals surface area contributed by atoms with Crippen LogP contribution in [0.25, 0.3) is 0 Å². The number of carbonyl (C=O) groups excluding carboxylic acids is 5. The smallest absolute Gasteiger partial charge is 0.428 e. The average Bonchev–Trinajstić information content (AvgIpc) is 3.38. The van der Waals surface area contributed by atoms with Crippen LogP contribution in [0, 0.1) is 11.7 Å². The maximum absolute atomic E-state index is 14.4. The van der Waals surface area contributed by atoms with Crippen LogP contribution in [0.15, 0.2) is 30.4 Å². The zero-order valence-corrected chi connectivity index (χ0v) is 30.8. The lowest BCUT2D eigenvalue weighted by atomic mass is 10.0. The molecule has 56 heavy (non-hydrogen) atoms. The molecule has 1 aromatic rings. The van der Waals surface area contributed by atoms with Crippen LogP contribution in [0.4, 0.5) is 40.3 Å². The summed E-state index contributed by atoms with van der Waals surface area (Å²) in [5.41, 5.74) is -7.49. The quantitative estimate of drug-likeness (QED) is 0.249. The zero-order chi connectivity index (χ0) is 41.4. The van der Waals surface area contributed by atoms with E-state index in [1.165, 1.54) is 28.4 Å². The number of rotatable bonds is 5. The van der Waals surface area contributed by atoms with Gasteiger partial charge in [-0.3, -0.25) is 19.3 Å². The van der Waals surface area contributed by atoms with Crippen LogP contribution in [0.3, 0.4) is 0 Å². The summed E-state index contributed by atoms with van der Waals surface area (Å²) in [6.45, 7) is 2.02. The summed E-state index contributed by atoms with van der Waals surface area (Å²) >= 11 is 0. The summed E-state index contributed by atoms with van der Waals surface area (Å²) in [6.07, 6.45) is -10.8. The summed E-state index contributed by atoms with van der Waals surface area (Å²) < 4.78 is 106. The predicted octanol–water partition coefficient (Wildman–Crippen LogP) is 4.51. The monoisotopic (exact) mass is 807 g/mol. The number of alkyl carbamates (subject to hydrolysis) is 1. The summed E-state index contributed by atoms with van der Waals surface area (Å²) in [4.78, 5) is 70.2. The number of amides is 5. The normalized spacial score (nSPS) is 26.8. The van der Waals surface area contributed by atoms with Gasteiger partial charge in [-0.15, -0.1) is 0 Å². The Bertz CT molecular complexity index is 1720. The molecule has 310 valence electrons. The maximum Gasteiger partial charge on any atom is 0.428 e. The van der Waals surface area contributed by atoms with Crippen LogP contribution < -0.4 is 16.0 Å². The molecule has 0 bridgehead atoms. The van der Waals surface area contributed by atoms with Gasteiger partial charge in [0.2, 0.25) is 17.7 Å². The number of aliphatic hydroxyl groups is 1. The van der Waals surface area contributed by atoms with Crippen molar-refractivity contribution >= 4 is 29.9 Å². The molecule has 1 saturated carbocycles. The van der Waals surface area contributed by atoms with Gasteiger partial charge < -0.3 is 35.4 Å². The molecule has 3 heterocycles. The van der Waals surface area contributed by atoms with Gasteiger partial charge in [0.05, 0.1) is 19.6 Å². The third-order valence-corrected chi connectivity index (χ3v) is 10.2. The van der Waals surface area contributed by atoms with Gasteiger partial charge in [-0.1, -0.05) is 37.1 Å². The van der Waals surface area contributed by atoms with Crippen molar-refractivity contribution in [2.75, 3.05) is 13.1 Å². The Labute approximate surface area is 317 Å². The zero-order valence-electron chi connectivity index (χ0n) is 30.8. The topological polar surface area (TPSA) is 167 Å². The molecular formula is C36H44F7N5O8. The number of benzene rings is 1. The molecule has 20 heteroatoms. The van der Waals surface area contributed by atoms with E-state index >= 15 is 0 Å². The third-order valence-electron chi connectivity index (χ3n) is 10.2. The average molecular weight is 808 g/mol. The summed E-state index contributed by atoms with van der Waals surface area (Å²) in [6, 6.07) is 1.59. The Hall–Kier alpha value is -4.62. The van der Waals surface area contributed by atoms with E-state index in [2.05, 4.69) is 10.6 Å². The molecular weight excluding hydrogens is 763 g/mol. The van der Waals surface area contributed by atoms with Gasteiger partial charge in [0.1, 0.15) is 35.1 Å². The number of ether oxygens (including phenoxy) is 2. The van der Waals surface area contributed by atoms with Crippen molar-refractivity contribution in [3.05, 3.63) is 47.3 Å². The second-order valence-corrected chi connectivity index (χ2v) is 15.6. The Kier molecular flexibility index (Phi) is 11.9. The van der Waals surface area contributed by atoms with Crippen LogP contribution in [0.5, 0.6) is 0 Å². The highest BCUT2D eigenvalue weighted by Gasteiger charge is 2.71. The number of allylic oxidation sites excluding steroid dienone is 1. The third kappa shape index (κ3) is 9.15. The van der Waals surface area contributed by atoms with Crippen molar-refractivity contribution < 1.29 is 69.3 Å².